The topological polar surface area (TPSA) is 71.1 Å². The van der Waals surface area contributed by atoms with Crippen LogP contribution in [0.2, 0.25) is 0 Å². The Morgan fingerprint density at radius 1 is 1.38 bits per heavy atom. The molecule has 0 unspecified atom stereocenters. The van der Waals surface area contributed by atoms with Gasteiger partial charge in [0.2, 0.25) is 5.91 Å². The second-order valence-electron chi connectivity index (χ2n) is 6.84. The van der Waals surface area contributed by atoms with Gasteiger partial charge in [0.05, 0.1) is 38.9 Å². The first-order valence-corrected chi connectivity index (χ1v) is 8.27. The predicted molar refractivity (Wildman–Crippen MR) is 86.5 cm³/mol. The van der Waals surface area contributed by atoms with Crippen molar-refractivity contribution in [2.24, 2.45) is 5.92 Å². The third-order valence-corrected chi connectivity index (χ3v) is 4.77. The number of hydrogen-bond acceptors (Lipinski definition) is 4. The quantitative estimate of drug-likeness (QED) is 0.914. The molecule has 4 rings (SSSR count). The van der Waals surface area contributed by atoms with E-state index in [0.717, 1.165) is 0 Å². The van der Waals surface area contributed by atoms with Crippen molar-refractivity contribution in [1.29, 1.82) is 0 Å². The summed E-state index contributed by atoms with van der Waals surface area (Å²) in [5, 5.41) is 4.35. The number of ether oxygens (including phenoxy) is 1. The van der Waals surface area contributed by atoms with Gasteiger partial charge in [-0.2, -0.15) is 0 Å². The lowest BCUT2D eigenvalue weighted by Gasteiger charge is -2.45. The fourth-order valence-corrected chi connectivity index (χ4v) is 3.26. The smallest absolute Gasteiger partial charge is 0.322 e. The Kier molecular flexibility index (Phi) is 3.60. The Morgan fingerprint density at radius 2 is 2.12 bits per heavy atom. The van der Waals surface area contributed by atoms with Crippen LogP contribution in [-0.2, 0) is 9.63 Å². The lowest BCUT2D eigenvalue weighted by atomic mass is 9.91. The van der Waals surface area contributed by atoms with Gasteiger partial charge in [-0.3, -0.25) is 9.63 Å². The van der Waals surface area contributed by atoms with Crippen LogP contribution in [0.15, 0.2) is 24.3 Å². The zero-order chi connectivity index (χ0) is 16.7. The molecule has 1 aliphatic carbocycles. The zero-order valence-corrected chi connectivity index (χ0v) is 13.7. The molecule has 0 aromatic heterocycles. The van der Waals surface area contributed by atoms with Gasteiger partial charge in [-0.15, -0.1) is 0 Å². The zero-order valence-electron chi connectivity index (χ0n) is 13.7. The Hall–Kier alpha value is -2.28. The van der Waals surface area contributed by atoms with Crippen LogP contribution in [0.25, 0.3) is 0 Å². The largest absolute Gasteiger partial charge is 0.495 e. The molecule has 3 amide bonds. The monoisotopic (exact) mass is 331 g/mol. The summed E-state index contributed by atoms with van der Waals surface area (Å²) in [6.07, 6.45) is 2.71. The maximum absolute atomic E-state index is 12.4. The van der Waals surface area contributed by atoms with Gasteiger partial charge in [0.15, 0.2) is 0 Å². The summed E-state index contributed by atoms with van der Waals surface area (Å²) in [5.74, 6) is 1.24. The number of methoxy groups -OCH3 is 1. The Labute approximate surface area is 140 Å². The lowest BCUT2D eigenvalue weighted by Crippen LogP contribution is -2.64. The number of anilines is 1. The summed E-state index contributed by atoms with van der Waals surface area (Å²) >= 11 is 0. The lowest BCUT2D eigenvalue weighted by molar-refractivity contribution is -0.229. The number of nitrogens with zero attached hydrogens (tertiary/aromatic N) is 2. The van der Waals surface area contributed by atoms with E-state index in [1.54, 1.807) is 24.1 Å². The molecule has 1 aromatic carbocycles. The normalized spacial score (nSPS) is 21.8. The molecular formula is C17H21N3O4. The summed E-state index contributed by atoms with van der Waals surface area (Å²) in [7, 11) is 1.57. The van der Waals surface area contributed by atoms with Gasteiger partial charge in [-0.05, 0) is 30.9 Å². The molecule has 1 aromatic rings. The summed E-state index contributed by atoms with van der Waals surface area (Å²) in [5.41, 5.74) is 0.106. The molecule has 7 nitrogen and oxygen atoms in total. The van der Waals surface area contributed by atoms with E-state index in [1.165, 1.54) is 17.9 Å². The Morgan fingerprint density at radius 3 is 2.83 bits per heavy atom. The van der Waals surface area contributed by atoms with Crippen LogP contribution in [0.5, 0.6) is 5.75 Å². The van der Waals surface area contributed by atoms with Crippen LogP contribution >= 0.6 is 0 Å². The molecule has 2 aliphatic heterocycles. The summed E-state index contributed by atoms with van der Waals surface area (Å²) < 4.78 is 5.23. The third kappa shape index (κ3) is 2.80. The number of hydrogen-bond donors (Lipinski definition) is 1. The van der Waals surface area contributed by atoms with Crippen LogP contribution in [0.4, 0.5) is 10.5 Å². The summed E-state index contributed by atoms with van der Waals surface area (Å²) in [6.45, 7) is 1.55. The average Bonchev–Trinajstić information content (AvgIpc) is 3.29. The van der Waals surface area contributed by atoms with E-state index in [2.05, 4.69) is 5.32 Å². The van der Waals surface area contributed by atoms with Crippen molar-refractivity contribution in [3.05, 3.63) is 24.3 Å². The summed E-state index contributed by atoms with van der Waals surface area (Å²) in [4.78, 5) is 31.9. The van der Waals surface area contributed by atoms with Crippen molar-refractivity contribution in [2.45, 2.75) is 24.9 Å². The highest BCUT2D eigenvalue weighted by atomic mass is 16.7. The number of likely N-dealkylation sites (tertiary alicyclic amines) is 1. The van der Waals surface area contributed by atoms with Crippen LogP contribution in [-0.4, -0.2) is 54.2 Å². The Bertz CT molecular complexity index is 668. The summed E-state index contributed by atoms with van der Waals surface area (Å²) in [6, 6.07) is 7.06. The third-order valence-electron chi connectivity index (χ3n) is 4.77. The second-order valence-corrected chi connectivity index (χ2v) is 6.84. The van der Waals surface area contributed by atoms with E-state index in [9.17, 15) is 9.59 Å². The van der Waals surface area contributed by atoms with E-state index in [4.69, 9.17) is 9.57 Å². The first-order chi connectivity index (χ1) is 11.6. The minimum absolute atomic E-state index is 0.0340. The van der Waals surface area contributed by atoms with Crippen LogP contribution in [0.1, 0.15) is 19.3 Å². The minimum atomic E-state index is -0.524. The average molecular weight is 331 g/mol. The highest BCUT2D eigenvalue weighted by Gasteiger charge is 2.55. The molecule has 2 saturated heterocycles. The number of urea groups is 1. The SMILES string of the molecule is COc1ccccc1NC(=O)N1CC2(CC(=O)N(CC3CC3)O2)C1. The van der Waals surface area contributed by atoms with Gasteiger partial charge < -0.3 is 15.0 Å². The number of amides is 3. The molecule has 3 aliphatic rings. The van der Waals surface area contributed by atoms with Gasteiger partial charge in [-0.1, -0.05) is 12.1 Å². The van der Waals surface area contributed by atoms with Crippen molar-refractivity contribution in [3.63, 3.8) is 0 Å². The predicted octanol–water partition coefficient (Wildman–Crippen LogP) is 1.86. The number of rotatable bonds is 4. The fourth-order valence-electron chi connectivity index (χ4n) is 3.26. The number of para-hydroxylation sites is 2. The van der Waals surface area contributed by atoms with Gasteiger partial charge in [0.1, 0.15) is 11.4 Å². The van der Waals surface area contributed by atoms with E-state index in [-0.39, 0.29) is 11.9 Å². The van der Waals surface area contributed by atoms with Gasteiger partial charge >= 0.3 is 6.03 Å². The van der Waals surface area contributed by atoms with Gasteiger partial charge in [0.25, 0.3) is 0 Å². The number of hydroxylamine groups is 2. The second kappa shape index (κ2) is 5.66. The highest BCUT2D eigenvalue weighted by Crippen LogP contribution is 2.39. The molecule has 7 heteroatoms. The van der Waals surface area contributed by atoms with Gasteiger partial charge in [0, 0.05) is 0 Å². The van der Waals surface area contributed by atoms with E-state index in [1.807, 2.05) is 12.1 Å². The van der Waals surface area contributed by atoms with Crippen molar-refractivity contribution in [2.75, 3.05) is 32.1 Å². The van der Waals surface area contributed by atoms with Gasteiger partial charge in [-0.25, -0.2) is 9.86 Å². The van der Waals surface area contributed by atoms with Crippen LogP contribution < -0.4 is 10.1 Å². The first-order valence-electron chi connectivity index (χ1n) is 8.27. The van der Waals surface area contributed by atoms with E-state index in [0.29, 0.717) is 43.4 Å². The highest BCUT2D eigenvalue weighted by molar-refractivity contribution is 5.92. The number of carbonyl (C=O) groups is 2. The first kappa shape index (κ1) is 15.3. The Balaban J connectivity index is 1.33. The van der Waals surface area contributed by atoms with Crippen molar-refractivity contribution in [3.8, 4) is 5.75 Å². The van der Waals surface area contributed by atoms with Crippen molar-refractivity contribution in [1.82, 2.24) is 9.96 Å². The maximum Gasteiger partial charge on any atom is 0.322 e. The molecule has 24 heavy (non-hydrogen) atoms. The fraction of sp³-hybridized carbons (Fsp3) is 0.529. The number of nitrogens with one attached hydrogen (secondary N) is 1. The molecule has 0 atom stereocenters. The molecule has 3 fully saturated rings. The molecule has 0 radical (unpaired) electrons. The van der Waals surface area contributed by atoms with Crippen molar-refractivity contribution >= 4 is 17.6 Å². The number of carbonyl (C=O) groups excluding carboxylic acids is 2. The van der Waals surface area contributed by atoms with E-state index >= 15 is 0 Å². The molecule has 2 heterocycles. The molecule has 128 valence electrons. The molecule has 1 N–H and O–H groups in total. The van der Waals surface area contributed by atoms with E-state index < -0.39 is 5.60 Å². The molecule has 0 bridgehead atoms. The standard InChI is InChI=1S/C17H21N3O4/c1-23-14-5-3-2-4-13(14)18-16(22)19-10-17(11-19)8-15(21)20(24-17)9-12-6-7-12/h2-5,12H,6-11H2,1H3,(H,18,22). The van der Waals surface area contributed by atoms with Crippen LogP contribution in [0, 0.1) is 5.92 Å². The maximum atomic E-state index is 12.4. The molecule has 1 spiro atoms. The van der Waals surface area contributed by atoms with Crippen LogP contribution in [0.3, 0.4) is 0 Å². The van der Waals surface area contributed by atoms with Crippen molar-refractivity contribution < 1.29 is 19.2 Å². The minimum Gasteiger partial charge on any atom is -0.495 e. The molecule has 1 saturated carbocycles. The number of benzene rings is 1. The molecular weight excluding hydrogens is 310 g/mol.